The Labute approximate surface area is 114 Å². The fourth-order valence-electron chi connectivity index (χ4n) is 1.37. The predicted molar refractivity (Wildman–Crippen MR) is 70.1 cm³/mol. The standard InChI is InChI=1S/C10H10ClN3O2S2/c1-7(8-2-4-12-5-3-8)14-18(15,16)9-6-13-10(11)17-9/h2-7,14H,1H3. The van der Waals surface area contributed by atoms with Crippen molar-refractivity contribution in [2.75, 3.05) is 0 Å². The Morgan fingerprint density at radius 1 is 1.39 bits per heavy atom. The van der Waals surface area contributed by atoms with Crippen LogP contribution >= 0.6 is 22.9 Å². The third kappa shape index (κ3) is 3.05. The Morgan fingerprint density at radius 2 is 2.06 bits per heavy atom. The molecule has 2 heterocycles. The summed E-state index contributed by atoms with van der Waals surface area (Å²) < 4.78 is 26.9. The minimum Gasteiger partial charge on any atom is -0.265 e. The van der Waals surface area contributed by atoms with Gasteiger partial charge in [0.05, 0.1) is 6.20 Å². The molecule has 0 aliphatic rings. The summed E-state index contributed by atoms with van der Waals surface area (Å²) in [7, 11) is -3.59. The van der Waals surface area contributed by atoms with E-state index in [1.54, 1.807) is 31.5 Å². The van der Waals surface area contributed by atoms with E-state index < -0.39 is 10.0 Å². The molecule has 0 bridgehead atoms. The summed E-state index contributed by atoms with van der Waals surface area (Å²) in [5.41, 5.74) is 0.837. The molecule has 0 saturated carbocycles. The summed E-state index contributed by atoms with van der Waals surface area (Å²) >= 11 is 6.55. The van der Waals surface area contributed by atoms with Crippen molar-refractivity contribution in [2.45, 2.75) is 17.2 Å². The molecular formula is C10H10ClN3O2S2. The van der Waals surface area contributed by atoms with Crippen LogP contribution in [-0.4, -0.2) is 18.4 Å². The summed E-state index contributed by atoms with van der Waals surface area (Å²) in [5, 5.41) is 0. The van der Waals surface area contributed by atoms with Crippen molar-refractivity contribution in [3.05, 3.63) is 40.8 Å². The largest absolute Gasteiger partial charge is 0.265 e. The third-order valence-corrected chi connectivity index (χ3v) is 5.38. The fourth-order valence-corrected chi connectivity index (χ4v) is 3.92. The van der Waals surface area contributed by atoms with Crippen LogP contribution in [0.1, 0.15) is 18.5 Å². The molecule has 0 aromatic carbocycles. The van der Waals surface area contributed by atoms with Gasteiger partial charge in [0.25, 0.3) is 10.0 Å². The van der Waals surface area contributed by atoms with E-state index in [9.17, 15) is 8.42 Å². The van der Waals surface area contributed by atoms with E-state index in [1.807, 2.05) is 0 Å². The molecule has 1 N–H and O–H groups in total. The van der Waals surface area contributed by atoms with Crippen molar-refractivity contribution < 1.29 is 8.42 Å². The van der Waals surface area contributed by atoms with Gasteiger partial charge in [0, 0.05) is 18.4 Å². The van der Waals surface area contributed by atoms with Gasteiger partial charge in [-0.15, -0.1) is 0 Å². The fraction of sp³-hybridized carbons (Fsp3) is 0.200. The van der Waals surface area contributed by atoms with Crippen molar-refractivity contribution in [1.82, 2.24) is 14.7 Å². The van der Waals surface area contributed by atoms with Gasteiger partial charge in [-0.2, -0.15) is 0 Å². The highest BCUT2D eigenvalue weighted by Crippen LogP contribution is 2.24. The molecule has 0 spiro atoms. The number of thiazole rings is 1. The summed E-state index contributed by atoms with van der Waals surface area (Å²) in [6.07, 6.45) is 4.47. The van der Waals surface area contributed by atoms with Crippen LogP contribution in [0.3, 0.4) is 0 Å². The molecule has 2 rings (SSSR count). The number of nitrogens with zero attached hydrogens (tertiary/aromatic N) is 2. The zero-order valence-electron chi connectivity index (χ0n) is 9.37. The molecule has 8 heteroatoms. The first kappa shape index (κ1) is 13.4. The van der Waals surface area contributed by atoms with Crippen LogP contribution < -0.4 is 4.72 Å². The minimum absolute atomic E-state index is 0.105. The SMILES string of the molecule is CC(NS(=O)(=O)c1cnc(Cl)s1)c1ccncc1. The Hall–Kier alpha value is -1.02. The zero-order valence-corrected chi connectivity index (χ0v) is 11.8. The summed E-state index contributed by atoms with van der Waals surface area (Å²) in [4.78, 5) is 7.60. The van der Waals surface area contributed by atoms with Gasteiger partial charge in [-0.25, -0.2) is 18.1 Å². The number of halogens is 1. The van der Waals surface area contributed by atoms with Gasteiger partial charge in [-0.1, -0.05) is 22.9 Å². The number of aromatic nitrogens is 2. The molecule has 0 aliphatic carbocycles. The lowest BCUT2D eigenvalue weighted by molar-refractivity contribution is 0.568. The normalized spacial score (nSPS) is 13.4. The first-order chi connectivity index (χ1) is 8.49. The van der Waals surface area contributed by atoms with Gasteiger partial charge >= 0.3 is 0 Å². The first-order valence-corrected chi connectivity index (χ1v) is 7.70. The predicted octanol–water partition coefficient (Wildman–Crippen LogP) is 2.23. The Kier molecular flexibility index (Phi) is 3.96. The molecule has 0 fully saturated rings. The number of hydrogen-bond acceptors (Lipinski definition) is 5. The van der Waals surface area contributed by atoms with Gasteiger partial charge in [-0.05, 0) is 24.6 Å². The van der Waals surface area contributed by atoms with Crippen LogP contribution in [0.5, 0.6) is 0 Å². The molecule has 18 heavy (non-hydrogen) atoms. The van der Waals surface area contributed by atoms with E-state index in [-0.39, 0.29) is 14.7 Å². The Morgan fingerprint density at radius 3 is 2.61 bits per heavy atom. The summed E-state index contributed by atoms with van der Waals surface area (Å²) in [6, 6.07) is 3.17. The highest BCUT2D eigenvalue weighted by Gasteiger charge is 2.20. The Bertz CT molecular complexity index is 628. The lowest BCUT2D eigenvalue weighted by Gasteiger charge is -2.12. The average molecular weight is 304 g/mol. The molecule has 0 aliphatic heterocycles. The summed E-state index contributed by atoms with van der Waals surface area (Å²) in [6.45, 7) is 1.76. The second-order valence-corrected chi connectivity index (χ2v) is 7.11. The van der Waals surface area contributed by atoms with Crippen molar-refractivity contribution in [3.63, 3.8) is 0 Å². The number of rotatable bonds is 4. The quantitative estimate of drug-likeness (QED) is 0.940. The second kappa shape index (κ2) is 5.31. The van der Waals surface area contributed by atoms with E-state index in [2.05, 4.69) is 14.7 Å². The van der Waals surface area contributed by atoms with Crippen LogP contribution in [0.4, 0.5) is 0 Å². The first-order valence-electron chi connectivity index (χ1n) is 5.02. The number of pyridine rings is 1. The molecule has 1 atom stereocenters. The lowest BCUT2D eigenvalue weighted by Crippen LogP contribution is -2.26. The Balaban J connectivity index is 2.19. The molecule has 5 nitrogen and oxygen atoms in total. The topological polar surface area (TPSA) is 72.0 Å². The molecule has 0 amide bonds. The van der Waals surface area contributed by atoms with E-state index in [0.29, 0.717) is 0 Å². The number of hydrogen-bond donors (Lipinski definition) is 1. The molecule has 1 unspecified atom stereocenters. The number of nitrogens with one attached hydrogen (secondary N) is 1. The van der Waals surface area contributed by atoms with Crippen molar-refractivity contribution in [2.24, 2.45) is 0 Å². The minimum atomic E-state index is -3.59. The van der Waals surface area contributed by atoms with Crippen LogP contribution in [0.25, 0.3) is 0 Å². The van der Waals surface area contributed by atoms with E-state index in [1.165, 1.54) is 6.20 Å². The molecular weight excluding hydrogens is 294 g/mol. The van der Waals surface area contributed by atoms with Crippen LogP contribution in [-0.2, 0) is 10.0 Å². The lowest BCUT2D eigenvalue weighted by atomic mass is 10.1. The maximum Gasteiger partial charge on any atom is 0.252 e. The van der Waals surface area contributed by atoms with Crippen molar-refractivity contribution >= 4 is 33.0 Å². The third-order valence-electron chi connectivity index (χ3n) is 2.26. The van der Waals surface area contributed by atoms with Gasteiger partial charge in [0.1, 0.15) is 0 Å². The van der Waals surface area contributed by atoms with Gasteiger partial charge in [0.15, 0.2) is 8.68 Å². The van der Waals surface area contributed by atoms with E-state index >= 15 is 0 Å². The van der Waals surface area contributed by atoms with E-state index in [0.717, 1.165) is 16.9 Å². The van der Waals surface area contributed by atoms with Crippen LogP contribution in [0.15, 0.2) is 34.9 Å². The van der Waals surface area contributed by atoms with Crippen LogP contribution in [0.2, 0.25) is 4.47 Å². The molecule has 96 valence electrons. The maximum atomic E-state index is 12.0. The molecule has 0 saturated heterocycles. The second-order valence-electron chi connectivity index (χ2n) is 3.56. The van der Waals surface area contributed by atoms with Crippen LogP contribution in [0, 0.1) is 0 Å². The zero-order chi connectivity index (χ0) is 13.2. The number of sulfonamides is 1. The molecule has 0 radical (unpaired) electrons. The van der Waals surface area contributed by atoms with Gasteiger partial charge in [0.2, 0.25) is 0 Å². The molecule has 2 aromatic heterocycles. The monoisotopic (exact) mass is 303 g/mol. The smallest absolute Gasteiger partial charge is 0.252 e. The maximum absolute atomic E-state index is 12.0. The average Bonchev–Trinajstić information content (AvgIpc) is 2.77. The van der Waals surface area contributed by atoms with Crippen molar-refractivity contribution in [3.8, 4) is 0 Å². The highest BCUT2D eigenvalue weighted by atomic mass is 35.5. The van der Waals surface area contributed by atoms with Gasteiger partial charge in [-0.3, -0.25) is 4.98 Å². The van der Waals surface area contributed by atoms with E-state index in [4.69, 9.17) is 11.6 Å². The highest BCUT2D eigenvalue weighted by molar-refractivity contribution is 7.91. The summed E-state index contributed by atoms with van der Waals surface area (Å²) in [5.74, 6) is 0. The van der Waals surface area contributed by atoms with Crippen molar-refractivity contribution in [1.29, 1.82) is 0 Å². The molecule has 2 aromatic rings. The van der Waals surface area contributed by atoms with Gasteiger partial charge < -0.3 is 0 Å².